The minimum Gasteiger partial charge on any atom is -0.462 e. The highest BCUT2D eigenvalue weighted by Gasteiger charge is 2.19. The average molecular weight is 495 g/mol. The van der Waals surface area contributed by atoms with Gasteiger partial charge in [0.1, 0.15) is 0 Å². The van der Waals surface area contributed by atoms with Crippen molar-refractivity contribution in [3.63, 3.8) is 0 Å². The third-order valence-corrected chi connectivity index (χ3v) is 7.08. The molecule has 0 aliphatic rings. The first kappa shape index (κ1) is 24.0. The zero-order valence-corrected chi connectivity index (χ0v) is 21.2. The van der Waals surface area contributed by atoms with Crippen molar-refractivity contribution < 1.29 is 14.3 Å². The maximum absolute atomic E-state index is 12.4. The first-order chi connectivity index (χ1) is 16.4. The number of hydrogen-bond acceptors (Lipinski definition) is 7. The Labute approximate surface area is 206 Å². The Bertz CT molecular complexity index is 1350. The van der Waals surface area contributed by atoms with E-state index in [9.17, 15) is 9.59 Å². The Morgan fingerprint density at radius 1 is 1.15 bits per heavy atom. The lowest BCUT2D eigenvalue weighted by atomic mass is 10.2. The van der Waals surface area contributed by atoms with Crippen molar-refractivity contribution in [1.82, 2.24) is 14.5 Å². The lowest BCUT2D eigenvalue weighted by Crippen LogP contribution is -2.22. The molecule has 0 atom stereocenters. The van der Waals surface area contributed by atoms with E-state index in [1.54, 1.807) is 42.6 Å². The van der Waals surface area contributed by atoms with Crippen molar-refractivity contribution in [2.24, 2.45) is 0 Å². The molecule has 0 fully saturated rings. The number of aromatic nitrogens is 3. The number of esters is 1. The number of benzene rings is 2. The molecule has 0 radical (unpaired) electrons. The predicted octanol–water partition coefficient (Wildman–Crippen LogP) is 5.97. The Morgan fingerprint density at radius 3 is 2.68 bits per heavy atom. The van der Waals surface area contributed by atoms with Gasteiger partial charge in [0.2, 0.25) is 5.91 Å². The Kier molecular flexibility index (Phi) is 7.33. The van der Waals surface area contributed by atoms with E-state index < -0.39 is 0 Å². The molecule has 0 aliphatic carbocycles. The molecule has 176 valence electrons. The normalized spacial score (nSPS) is 11.1. The monoisotopic (exact) mass is 494 g/mol. The van der Waals surface area contributed by atoms with E-state index in [0.29, 0.717) is 23.1 Å². The minimum absolute atomic E-state index is 0.0793. The molecule has 34 heavy (non-hydrogen) atoms. The lowest BCUT2D eigenvalue weighted by Gasteiger charge is -2.18. The van der Waals surface area contributed by atoms with Crippen LogP contribution in [0.1, 0.15) is 42.4 Å². The van der Waals surface area contributed by atoms with E-state index in [4.69, 9.17) is 14.7 Å². The van der Waals surface area contributed by atoms with Crippen LogP contribution in [0.25, 0.3) is 11.0 Å². The quantitative estimate of drug-likeness (QED) is 0.222. The number of hydrogen-bond donors (Lipinski definition) is 0. The number of fused-ring (bicyclic) bond motifs is 1. The van der Waals surface area contributed by atoms with E-state index in [1.807, 2.05) is 42.6 Å². The predicted molar refractivity (Wildman–Crippen MR) is 137 cm³/mol. The SMILES string of the molecule is CCOC(=O)c1ccc2c(c1)nc(SCc1csc(N(C(C)=O)c3cccc(C)c3)n1)n2CC. The molecule has 0 saturated heterocycles. The molecule has 9 heteroatoms. The zero-order valence-electron chi connectivity index (χ0n) is 19.6. The van der Waals surface area contributed by atoms with Crippen molar-refractivity contribution in [3.05, 3.63) is 64.7 Å². The Morgan fingerprint density at radius 2 is 1.97 bits per heavy atom. The third-order valence-electron chi connectivity index (χ3n) is 5.20. The van der Waals surface area contributed by atoms with Crippen molar-refractivity contribution in [3.8, 4) is 0 Å². The van der Waals surface area contributed by atoms with Gasteiger partial charge in [-0.2, -0.15) is 0 Å². The van der Waals surface area contributed by atoms with E-state index in [1.165, 1.54) is 11.3 Å². The van der Waals surface area contributed by atoms with Crippen LogP contribution in [-0.2, 0) is 21.8 Å². The summed E-state index contributed by atoms with van der Waals surface area (Å²) >= 11 is 3.03. The third kappa shape index (κ3) is 5.00. The molecule has 0 bridgehead atoms. The van der Waals surface area contributed by atoms with Crippen LogP contribution in [0.4, 0.5) is 10.8 Å². The van der Waals surface area contributed by atoms with Gasteiger partial charge in [-0.3, -0.25) is 9.69 Å². The summed E-state index contributed by atoms with van der Waals surface area (Å²) in [6, 6.07) is 13.3. The number of carbonyl (C=O) groups excluding carboxylic acids is 2. The summed E-state index contributed by atoms with van der Waals surface area (Å²) in [5.41, 5.74) is 5.00. The lowest BCUT2D eigenvalue weighted by molar-refractivity contribution is -0.115. The summed E-state index contributed by atoms with van der Waals surface area (Å²) in [4.78, 5) is 35.6. The zero-order chi connectivity index (χ0) is 24.2. The molecular formula is C25H26N4O3S2. The van der Waals surface area contributed by atoms with Gasteiger partial charge >= 0.3 is 5.97 Å². The molecule has 7 nitrogen and oxygen atoms in total. The summed E-state index contributed by atoms with van der Waals surface area (Å²) in [5, 5.41) is 3.48. The standard InChI is InChI=1S/C25H26N4O3S2/c1-5-28-22-11-10-18(23(31)32-6-2)13-21(22)27-24(28)33-14-19-15-34-25(26-19)29(17(4)30)20-9-7-8-16(3)12-20/h7-13,15H,5-6,14H2,1-4H3. The van der Waals surface area contributed by atoms with Crippen molar-refractivity contribution in [2.75, 3.05) is 11.5 Å². The molecule has 2 aromatic carbocycles. The number of ether oxygens (including phenoxy) is 1. The van der Waals surface area contributed by atoms with Crippen LogP contribution in [0.15, 0.2) is 53.0 Å². The molecule has 2 heterocycles. The van der Waals surface area contributed by atoms with Crippen LogP contribution in [0.5, 0.6) is 0 Å². The first-order valence-corrected chi connectivity index (χ1v) is 12.9. The van der Waals surface area contributed by atoms with Gasteiger partial charge in [0, 0.05) is 24.6 Å². The second kappa shape index (κ2) is 10.4. The van der Waals surface area contributed by atoms with E-state index in [0.717, 1.165) is 39.7 Å². The number of rotatable bonds is 8. The number of aryl methyl sites for hydroxylation is 2. The number of thioether (sulfide) groups is 1. The van der Waals surface area contributed by atoms with Crippen molar-refractivity contribution in [2.45, 2.75) is 45.1 Å². The van der Waals surface area contributed by atoms with Gasteiger partial charge < -0.3 is 9.30 Å². The highest BCUT2D eigenvalue weighted by molar-refractivity contribution is 7.98. The molecule has 0 saturated carbocycles. The summed E-state index contributed by atoms with van der Waals surface area (Å²) in [6.45, 7) is 8.50. The smallest absolute Gasteiger partial charge is 0.338 e. The van der Waals surface area contributed by atoms with Gasteiger partial charge in [-0.15, -0.1) is 11.3 Å². The van der Waals surface area contributed by atoms with Crippen LogP contribution in [0.2, 0.25) is 0 Å². The highest BCUT2D eigenvalue weighted by Crippen LogP contribution is 2.32. The van der Waals surface area contributed by atoms with Gasteiger partial charge in [0.25, 0.3) is 0 Å². The first-order valence-electron chi connectivity index (χ1n) is 11.0. The van der Waals surface area contributed by atoms with Crippen LogP contribution in [-0.4, -0.2) is 33.0 Å². The van der Waals surface area contributed by atoms with Gasteiger partial charge in [-0.25, -0.2) is 14.8 Å². The van der Waals surface area contributed by atoms with Crippen LogP contribution < -0.4 is 4.90 Å². The molecule has 4 aromatic rings. The molecule has 0 unspecified atom stereocenters. The largest absolute Gasteiger partial charge is 0.462 e. The number of nitrogens with zero attached hydrogens (tertiary/aromatic N) is 4. The number of anilines is 2. The molecule has 1 amide bonds. The molecular weight excluding hydrogens is 468 g/mol. The number of thiazole rings is 1. The fraction of sp³-hybridized carbons (Fsp3) is 0.280. The van der Waals surface area contributed by atoms with Crippen LogP contribution in [0, 0.1) is 6.92 Å². The molecule has 2 aromatic heterocycles. The second-order valence-corrected chi connectivity index (χ2v) is 9.45. The van der Waals surface area contributed by atoms with Crippen molar-refractivity contribution >= 4 is 56.8 Å². The minimum atomic E-state index is -0.344. The van der Waals surface area contributed by atoms with Gasteiger partial charge in [-0.1, -0.05) is 23.9 Å². The Balaban J connectivity index is 1.55. The summed E-state index contributed by atoms with van der Waals surface area (Å²) in [5.74, 6) is 0.192. The number of carbonyl (C=O) groups is 2. The number of imidazole rings is 1. The maximum atomic E-state index is 12.4. The fourth-order valence-electron chi connectivity index (χ4n) is 3.66. The van der Waals surface area contributed by atoms with E-state index >= 15 is 0 Å². The number of amides is 1. The average Bonchev–Trinajstić information content (AvgIpc) is 3.41. The summed E-state index contributed by atoms with van der Waals surface area (Å²) < 4.78 is 7.23. The highest BCUT2D eigenvalue weighted by atomic mass is 32.2. The topological polar surface area (TPSA) is 77.3 Å². The van der Waals surface area contributed by atoms with Gasteiger partial charge in [-0.05, 0) is 56.7 Å². The van der Waals surface area contributed by atoms with E-state index in [2.05, 4.69) is 11.5 Å². The maximum Gasteiger partial charge on any atom is 0.338 e. The molecule has 0 N–H and O–H groups in total. The second-order valence-electron chi connectivity index (χ2n) is 7.67. The summed E-state index contributed by atoms with van der Waals surface area (Å²) in [7, 11) is 0. The fourth-order valence-corrected chi connectivity index (χ4v) is 5.63. The molecule has 0 spiro atoms. The van der Waals surface area contributed by atoms with Gasteiger partial charge in [0.05, 0.1) is 34.6 Å². The van der Waals surface area contributed by atoms with Gasteiger partial charge in [0.15, 0.2) is 10.3 Å². The molecule has 0 aliphatic heterocycles. The van der Waals surface area contributed by atoms with Crippen LogP contribution >= 0.6 is 23.1 Å². The van der Waals surface area contributed by atoms with E-state index in [-0.39, 0.29) is 11.9 Å². The van der Waals surface area contributed by atoms with Crippen molar-refractivity contribution in [1.29, 1.82) is 0 Å². The Hall–Kier alpha value is -3.17. The van der Waals surface area contributed by atoms with Crippen LogP contribution in [0.3, 0.4) is 0 Å². The summed E-state index contributed by atoms with van der Waals surface area (Å²) in [6.07, 6.45) is 0. The molecule has 4 rings (SSSR count).